The largest absolute Gasteiger partial charge is 0.462 e. The van der Waals surface area contributed by atoms with Gasteiger partial charge in [-0.25, -0.2) is 4.79 Å². The summed E-state index contributed by atoms with van der Waals surface area (Å²) >= 11 is 4.48. The van der Waals surface area contributed by atoms with Crippen LogP contribution in [0.25, 0.3) is 11.4 Å². The van der Waals surface area contributed by atoms with Gasteiger partial charge in [0.1, 0.15) is 5.00 Å². The number of carbonyl (C=O) groups excluding carboxylic acids is 2. The smallest absolute Gasteiger partial charge is 0.341 e. The van der Waals surface area contributed by atoms with Crippen molar-refractivity contribution >= 4 is 51.3 Å². The average Bonchev–Trinajstić information content (AvgIpc) is 3.51. The predicted octanol–water partition coefficient (Wildman–Crippen LogP) is 5.51. The van der Waals surface area contributed by atoms with Crippen LogP contribution < -0.4 is 5.32 Å². The van der Waals surface area contributed by atoms with E-state index in [2.05, 4.69) is 45.4 Å². The third-order valence-corrected chi connectivity index (χ3v) is 7.88. The second-order valence-electron chi connectivity index (χ2n) is 6.98. The predicted molar refractivity (Wildman–Crippen MR) is 132 cm³/mol. The van der Waals surface area contributed by atoms with Crippen LogP contribution in [0.2, 0.25) is 0 Å². The molecule has 0 fully saturated rings. The van der Waals surface area contributed by atoms with Gasteiger partial charge in [0.15, 0.2) is 11.0 Å². The molecule has 0 aliphatic rings. The first-order chi connectivity index (χ1) is 15.5. The van der Waals surface area contributed by atoms with Gasteiger partial charge in [-0.3, -0.25) is 4.79 Å². The normalized spacial score (nSPS) is 11.0. The van der Waals surface area contributed by atoms with Crippen LogP contribution in [0.15, 0.2) is 22.7 Å². The Morgan fingerprint density at radius 3 is 2.56 bits per heavy atom. The number of aromatic nitrogens is 3. The molecule has 3 aromatic heterocycles. The number of nitrogens with one attached hydrogen (secondary N) is 1. The van der Waals surface area contributed by atoms with Gasteiger partial charge >= 0.3 is 5.97 Å². The first-order valence-corrected chi connectivity index (χ1v) is 13.4. The van der Waals surface area contributed by atoms with E-state index in [1.807, 2.05) is 6.92 Å². The van der Waals surface area contributed by atoms with Crippen LogP contribution in [0, 0.1) is 0 Å². The van der Waals surface area contributed by atoms with Gasteiger partial charge < -0.3 is 14.6 Å². The van der Waals surface area contributed by atoms with Gasteiger partial charge in [-0.2, -0.15) is 0 Å². The van der Waals surface area contributed by atoms with E-state index < -0.39 is 5.97 Å². The average molecular weight is 493 g/mol. The summed E-state index contributed by atoms with van der Waals surface area (Å²) in [4.78, 5) is 27.2. The van der Waals surface area contributed by atoms with E-state index in [4.69, 9.17) is 4.74 Å². The molecule has 1 amide bonds. The minimum Gasteiger partial charge on any atom is -0.462 e. The van der Waals surface area contributed by atoms with E-state index in [-0.39, 0.29) is 11.7 Å². The zero-order chi connectivity index (χ0) is 23.1. The highest BCUT2D eigenvalue weighted by Crippen LogP contribution is 2.31. The lowest BCUT2D eigenvalue weighted by atomic mass is 10.2. The SMILES string of the molecule is CCCn1c(SCC(=O)Nc2sc(CC)cc2C(=O)OCC)nnc1-c1csc(CC)c1. The molecule has 0 radical (unpaired) electrons. The van der Waals surface area contributed by atoms with Crippen molar-refractivity contribution in [1.82, 2.24) is 14.8 Å². The Morgan fingerprint density at radius 2 is 1.91 bits per heavy atom. The number of carbonyl (C=O) groups is 2. The minimum absolute atomic E-state index is 0.174. The van der Waals surface area contributed by atoms with Crippen molar-refractivity contribution in [3.63, 3.8) is 0 Å². The fourth-order valence-corrected chi connectivity index (χ4v) is 5.66. The van der Waals surface area contributed by atoms with Gasteiger partial charge in [-0.1, -0.05) is 32.5 Å². The van der Waals surface area contributed by atoms with Crippen molar-refractivity contribution in [2.45, 2.75) is 58.7 Å². The number of thioether (sulfide) groups is 1. The molecule has 0 spiro atoms. The molecule has 32 heavy (non-hydrogen) atoms. The number of hydrogen-bond acceptors (Lipinski definition) is 8. The minimum atomic E-state index is -0.416. The van der Waals surface area contributed by atoms with Crippen LogP contribution in [0.3, 0.4) is 0 Å². The zero-order valence-electron chi connectivity index (χ0n) is 18.8. The van der Waals surface area contributed by atoms with Crippen LogP contribution in [0.4, 0.5) is 5.00 Å². The van der Waals surface area contributed by atoms with E-state index in [1.54, 1.807) is 24.3 Å². The molecule has 0 aromatic carbocycles. The summed E-state index contributed by atoms with van der Waals surface area (Å²) in [7, 11) is 0. The molecule has 0 saturated heterocycles. The fraction of sp³-hybridized carbons (Fsp3) is 0.455. The zero-order valence-corrected chi connectivity index (χ0v) is 21.2. The Labute approximate surface area is 200 Å². The quantitative estimate of drug-likeness (QED) is 0.281. The van der Waals surface area contributed by atoms with Crippen molar-refractivity contribution in [2.75, 3.05) is 17.7 Å². The van der Waals surface area contributed by atoms with E-state index in [9.17, 15) is 9.59 Å². The summed E-state index contributed by atoms with van der Waals surface area (Å²) in [6.45, 7) is 9.09. The second-order valence-corrected chi connectivity index (χ2v) is 10.1. The summed E-state index contributed by atoms with van der Waals surface area (Å²) in [6, 6.07) is 3.95. The van der Waals surface area contributed by atoms with Crippen molar-refractivity contribution in [3.8, 4) is 11.4 Å². The molecule has 0 bridgehead atoms. The highest BCUT2D eigenvalue weighted by molar-refractivity contribution is 7.99. The maximum absolute atomic E-state index is 12.7. The van der Waals surface area contributed by atoms with Crippen LogP contribution >= 0.6 is 34.4 Å². The summed E-state index contributed by atoms with van der Waals surface area (Å²) in [5, 5.41) is 15.0. The Kier molecular flexibility index (Phi) is 8.89. The Hall–Kier alpha value is -2.17. The van der Waals surface area contributed by atoms with Crippen LogP contribution in [-0.4, -0.2) is 39.0 Å². The molecule has 0 unspecified atom stereocenters. The van der Waals surface area contributed by atoms with Gasteiger partial charge in [0.2, 0.25) is 5.91 Å². The maximum Gasteiger partial charge on any atom is 0.341 e. The number of amides is 1. The molecule has 1 N–H and O–H groups in total. The topological polar surface area (TPSA) is 86.1 Å². The molecule has 7 nitrogen and oxygen atoms in total. The van der Waals surface area contributed by atoms with Crippen LogP contribution in [-0.2, 0) is 28.9 Å². The summed E-state index contributed by atoms with van der Waals surface area (Å²) < 4.78 is 7.20. The maximum atomic E-state index is 12.7. The van der Waals surface area contributed by atoms with Gasteiger partial charge in [0.05, 0.1) is 17.9 Å². The molecule has 10 heteroatoms. The van der Waals surface area contributed by atoms with Gasteiger partial charge in [-0.15, -0.1) is 32.9 Å². The number of esters is 1. The number of hydrogen-bond donors (Lipinski definition) is 1. The van der Waals surface area contributed by atoms with Gasteiger partial charge in [0, 0.05) is 27.2 Å². The molecule has 3 aromatic rings. The summed E-state index contributed by atoms with van der Waals surface area (Å²) in [6.07, 6.45) is 2.71. The monoisotopic (exact) mass is 492 g/mol. The summed E-state index contributed by atoms with van der Waals surface area (Å²) in [5.74, 6) is 0.399. The number of thiophene rings is 2. The highest BCUT2D eigenvalue weighted by Gasteiger charge is 2.20. The van der Waals surface area contributed by atoms with Crippen molar-refractivity contribution in [2.24, 2.45) is 0 Å². The Bertz CT molecular complexity index is 1070. The lowest BCUT2D eigenvalue weighted by molar-refractivity contribution is -0.113. The molecule has 0 atom stereocenters. The van der Waals surface area contributed by atoms with Gasteiger partial charge in [0.25, 0.3) is 0 Å². The van der Waals surface area contributed by atoms with E-state index >= 15 is 0 Å². The standard InChI is InChI=1S/C22H28N4O3S3/c1-5-9-26-19(14-10-15(6-2)30-12-14)24-25-22(26)31-13-18(27)23-20-17(21(28)29-8-4)11-16(7-3)32-20/h10-12H,5-9,13H2,1-4H3,(H,23,27). The number of nitrogens with zero attached hydrogens (tertiary/aromatic N) is 3. The molecule has 3 heterocycles. The Balaban J connectivity index is 1.71. The van der Waals surface area contributed by atoms with Crippen LogP contribution in [0.1, 0.15) is 54.2 Å². The Morgan fingerprint density at radius 1 is 1.12 bits per heavy atom. The molecule has 0 aliphatic carbocycles. The first-order valence-electron chi connectivity index (χ1n) is 10.7. The third kappa shape index (κ3) is 5.79. The van der Waals surface area contributed by atoms with E-state index in [0.717, 1.165) is 42.1 Å². The number of rotatable bonds is 11. The molecule has 172 valence electrons. The first kappa shape index (κ1) is 24.5. The molecule has 3 rings (SSSR count). The van der Waals surface area contributed by atoms with E-state index in [0.29, 0.717) is 22.3 Å². The third-order valence-electron chi connectivity index (χ3n) is 4.64. The molecule has 0 aliphatic heterocycles. The highest BCUT2D eigenvalue weighted by atomic mass is 32.2. The van der Waals surface area contributed by atoms with Crippen LogP contribution in [0.5, 0.6) is 0 Å². The number of anilines is 1. The van der Waals surface area contributed by atoms with Crippen molar-refractivity contribution in [3.05, 3.63) is 32.8 Å². The number of aryl methyl sites for hydroxylation is 2. The molecule has 0 saturated carbocycles. The lowest BCUT2D eigenvalue weighted by Crippen LogP contribution is -2.16. The van der Waals surface area contributed by atoms with Gasteiger partial charge in [-0.05, 0) is 38.3 Å². The fourth-order valence-electron chi connectivity index (χ4n) is 3.08. The van der Waals surface area contributed by atoms with Crippen molar-refractivity contribution < 1.29 is 14.3 Å². The number of ether oxygens (including phenoxy) is 1. The van der Waals surface area contributed by atoms with E-state index in [1.165, 1.54) is 28.0 Å². The second kappa shape index (κ2) is 11.6. The molecular weight excluding hydrogens is 464 g/mol. The lowest BCUT2D eigenvalue weighted by Gasteiger charge is -2.08. The van der Waals surface area contributed by atoms with Crippen molar-refractivity contribution in [1.29, 1.82) is 0 Å². The summed E-state index contributed by atoms with van der Waals surface area (Å²) in [5.41, 5.74) is 1.47. The molecular formula is C22H28N4O3S3.